The van der Waals surface area contributed by atoms with Gasteiger partial charge in [0.1, 0.15) is 6.10 Å². The highest BCUT2D eigenvalue weighted by molar-refractivity contribution is 5.27. The van der Waals surface area contributed by atoms with Crippen molar-refractivity contribution in [3.8, 4) is 0 Å². The molecule has 0 aromatic carbocycles. The molecule has 4 aliphatic rings. The van der Waals surface area contributed by atoms with Crippen molar-refractivity contribution >= 4 is 0 Å². The first kappa shape index (κ1) is 22.8. The topological polar surface area (TPSA) is 60.7 Å². The van der Waals surface area contributed by atoms with Gasteiger partial charge in [-0.2, -0.15) is 0 Å². The van der Waals surface area contributed by atoms with E-state index in [0.29, 0.717) is 23.7 Å². The van der Waals surface area contributed by atoms with E-state index in [2.05, 4.69) is 40.7 Å². The molecule has 0 bridgehead atoms. The van der Waals surface area contributed by atoms with E-state index in [0.717, 1.165) is 30.1 Å². The molecule has 8 atom stereocenters. The van der Waals surface area contributed by atoms with Gasteiger partial charge >= 0.3 is 0 Å². The van der Waals surface area contributed by atoms with E-state index >= 15 is 0 Å². The van der Waals surface area contributed by atoms with Crippen molar-refractivity contribution in [1.29, 1.82) is 0 Å². The predicted molar refractivity (Wildman–Crippen MR) is 122 cm³/mol. The number of aliphatic hydroxyl groups excluding tert-OH is 1. The Morgan fingerprint density at radius 2 is 1.77 bits per heavy atom. The second-order valence-corrected chi connectivity index (χ2v) is 12.6. The largest absolute Gasteiger partial charge is 0.387 e. The van der Waals surface area contributed by atoms with Crippen LogP contribution in [-0.2, 0) is 0 Å². The highest BCUT2D eigenvalue weighted by atomic mass is 16.5. The summed E-state index contributed by atoms with van der Waals surface area (Å²) in [5.74, 6) is 2.60. The van der Waals surface area contributed by atoms with Gasteiger partial charge in [-0.3, -0.25) is 0 Å². The van der Waals surface area contributed by atoms with E-state index in [1.165, 1.54) is 50.5 Å². The van der Waals surface area contributed by atoms with Crippen LogP contribution in [0.2, 0.25) is 0 Å². The van der Waals surface area contributed by atoms with Crippen molar-refractivity contribution in [2.45, 2.75) is 111 Å². The lowest BCUT2D eigenvalue weighted by Gasteiger charge is -2.59. The van der Waals surface area contributed by atoms with Crippen LogP contribution in [0.5, 0.6) is 0 Å². The van der Waals surface area contributed by atoms with Crippen LogP contribution in [-0.4, -0.2) is 27.2 Å². The average Bonchev–Trinajstić information content (AvgIpc) is 3.00. The second kappa shape index (κ2) is 7.89. The Labute approximate surface area is 184 Å². The Bertz CT molecular complexity index is 667. The Hall–Kier alpha value is -0.380. The van der Waals surface area contributed by atoms with Gasteiger partial charge in [0, 0.05) is 6.42 Å². The minimum atomic E-state index is -1.95. The average molecular weight is 419 g/mol. The monoisotopic (exact) mass is 418 g/mol. The van der Waals surface area contributed by atoms with Crippen molar-refractivity contribution < 1.29 is 15.3 Å². The Morgan fingerprint density at radius 3 is 2.47 bits per heavy atom. The molecule has 0 amide bonds. The molecule has 0 aliphatic heterocycles. The van der Waals surface area contributed by atoms with Gasteiger partial charge in [0.15, 0.2) is 5.79 Å². The smallest absolute Gasteiger partial charge is 0.193 e. The zero-order valence-corrected chi connectivity index (χ0v) is 20.0. The SMILES string of the molecule is CC(C)CCC[C@@H](C)[C@H]1CC[C@H]2[C@@H]3CC=C4CC(O)(O)[C@@H](O)C[C@]4(C)[C@H]3CC[C@]12C. The normalized spacial score (nSPS) is 46.0. The number of allylic oxidation sites excluding steroid dienone is 1. The van der Waals surface area contributed by atoms with Gasteiger partial charge < -0.3 is 15.3 Å². The predicted octanol–water partition coefficient (Wildman–Crippen LogP) is 5.68. The third kappa shape index (κ3) is 3.61. The number of rotatable bonds is 5. The maximum absolute atomic E-state index is 10.5. The van der Waals surface area contributed by atoms with E-state index in [1.807, 2.05) is 0 Å². The van der Waals surface area contributed by atoms with Gasteiger partial charge in [-0.05, 0) is 84.9 Å². The lowest BCUT2D eigenvalue weighted by atomic mass is 9.46. The molecule has 30 heavy (non-hydrogen) atoms. The third-order valence-corrected chi connectivity index (χ3v) is 10.4. The first-order valence-electron chi connectivity index (χ1n) is 12.8. The standard InChI is InChI=1S/C27H46O3/c1-17(2)7-6-8-18(3)21-11-12-22-20-10-9-19-15-27(29,30)24(28)16-26(19,5)23(20)13-14-25(21,22)4/h9,17-18,20-24,28-30H,6-8,10-16H2,1-5H3/t18-,20+,21-,22+,23+,24+,25-,26+/m1/s1. The van der Waals surface area contributed by atoms with Crippen molar-refractivity contribution in [2.75, 3.05) is 0 Å². The third-order valence-electron chi connectivity index (χ3n) is 10.4. The summed E-state index contributed by atoms with van der Waals surface area (Å²) in [5.41, 5.74) is 1.59. The molecule has 0 heterocycles. The molecule has 3 N–H and O–H groups in total. The molecule has 3 saturated carbocycles. The van der Waals surface area contributed by atoms with Crippen LogP contribution in [0.4, 0.5) is 0 Å². The summed E-state index contributed by atoms with van der Waals surface area (Å²) in [7, 11) is 0. The molecule has 3 heteroatoms. The number of aliphatic hydroxyl groups is 3. The fraction of sp³-hybridized carbons (Fsp3) is 0.926. The fourth-order valence-corrected chi connectivity index (χ4v) is 8.70. The van der Waals surface area contributed by atoms with Gasteiger partial charge in [-0.15, -0.1) is 0 Å². The first-order valence-corrected chi connectivity index (χ1v) is 12.8. The second-order valence-electron chi connectivity index (χ2n) is 12.6. The van der Waals surface area contributed by atoms with Crippen molar-refractivity contribution in [1.82, 2.24) is 0 Å². The molecule has 3 fully saturated rings. The van der Waals surface area contributed by atoms with Crippen LogP contribution in [0.3, 0.4) is 0 Å². The summed E-state index contributed by atoms with van der Waals surface area (Å²) < 4.78 is 0. The number of hydrogen-bond donors (Lipinski definition) is 3. The summed E-state index contributed by atoms with van der Waals surface area (Å²) in [6, 6.07) is 0. The maximum atomic E-state index is 10.5. The molecule has 4 rings (SSSR count). The van der Waals surface area contributed by atoms with Gasteiger partial charge in [-0.1, -0.05) is 65.5 Å². The quantitative estimate of drug-likeness (QED) is 0.398. The molecule has 0 spiro atoms. The van der Waals surface area contributed by atoms with Crippen LogP contribution < -0.4 is 0 Å². The number of fused-ring (bicyclic) bond motifs is 5. The van der Waals surface area contributed by atoms with Crippen molar-refractivity contribution in [2.24, 2.45) is 46.3 Å². The van der Waals surface area contributed by atoms with Gasteiger partial charge in [-0.25, -0.2) is 0 Å². The molecule has 0 aromatic heterocycles. The lowest BCUT2D eigenvalue weighted by Crippen LogP contribution is -2.57. The van der Waals surface area contributed by atoms with Crippen LogP contribution in [0.1, 0.15) is 98.8 Å². The summed E-state index contributed by atoms with van der Waals surface area (Å²) in [5, 5.41) is 31.0. The van der Waals surface area contributed by atoms with Crippen LogP contribution in [0.15, 0.2) is 11.6 Å². The van der Waals surface area contributed by atoms with E-state index in [9.17, 15) is 15.3 Å². The highest BCUT2D eigenvalue weighted by Crippen LogP contribution is 2.67. The summed E-state index contributed by atoms with van der Waals surface area (Å²) >= 11 is 0. The van der Waals surface area contributed by atoms with Gasteiger partial charge in [0.05, 0.1) is 0 Å². The minimum absolute atomic E-state index is 0.0699. The molecule has 172 valence electrons. The molecule has 0 aromatic rings. The molecule has 4 aliphatic carbocycles. The van der Waals surface area contributed by atoms with Crippen LogP contribution in [0, 0.1) is 46.3 Å². The Balaban J connectivity index is 1.52. The van der Waals surface area contributed by atoms with Crippen LogP contribution >= 0.6 is 0 Å². The maximum Gasteiger partial charge on any atom is 0.193 e. The molecule has 3 nitrogen and oxygen atoms in total. The van der Waals surface area contributed by atoms with Crippen molar-refractivity contribution in [3.05, 3.63) is 11.6 Å². The minimum Gasteiger partial charge on any atom is -0.387 e. The zero-order valence-electron chi connectivity index (χ0n) is 20.0. The van der Waals surface area contributed by atoms with Gasteiger partial charge in [0.25, 0.3) is 0 Å². The summed E-state index contributed by atoms with van der Waals surface area (Å²) in [6.07, 6.45) is 12.5. The Morgan fingerprint density at radius 1 is 1.03 bits per heavy atom. The van der Waals surface area contributed by atoms with Crippen molar-refractivity contribution in [3.63, 3.8) is 0 Å². The zero-order chi connectivity index (χ0) is 21.9. The molecule has 0 saturated heterocycles. The molecular formula is C27H46O3. The molecule has 0 radical (unpaired) electrons. The van der Waals surface area contributed by atoms with E-state index in [1.54, 1.807) is 0 Å². The summed E-state index contributed by atoms with van der Waals surface area (Å²) in [6.45, 7) is 12.1. The van der Waals surface area contributed by atoms with E-state index in [4.69, 9.17) is 0 Å². The lowest BCUT2D eigenvalue weighted by molar-refractivity contribution is -0.248. The van der Waals surface area contributed by atoms with Crippen LogP contribution in [0.25, 0.3) is 0 Å². The van der Waals surface area contributed by atoms with E-state index in [-0.39, 0.29) is 11.8 Å². The Kier molecular flexibility index (Phi) is 5.99. The molecule has 0 unspecified atom stereocenters. The first-order chi connectivity index (χ1) is 14.0. The van der Waals surface area contributed by atoms with Gasteiger partial charge in [0.2, 0.25) is 0 Å². The highest BCUT2D eigenvalue weighted by Gasteiger charge is 2.61. The van der Waals surface area contributed by atoms with E-state index < -0.39 is 11.9 Å². The fourth-order valence-electron chi connectivity index (χ4n) is 8.70. The molecular weight excluding hydrogens is 372 g/mol. The summed E-state index contributed by atoms with van der Waals surface area (Å²) in [4.78, 5) is 0. The number of hydrogen-bond acceptors (Lipinski definition) is 3.